The van der Waals surface area contributed by atoms with Crippen LogP contribution in [0.5, 0.6) is 0 Å². The molecule has 0 saturated carbocycles. The lowest BCUT2D eigenvalue weighted by Gasteiger charge is -2.30. The molecule has 0 aromatic heterocycles. The first kappa shape index (κ1) is 18.2. The fraction of sp³-hybridized carbons (Fsp3) is 0.500. The molecule has 0 aliphatic rings. The summed E-state index contributed by atoms with van der Waals surface area (Å²) in [5, 5.41) is 0. The van der Waals surface area contributed by atoms with Crippen LogP contribution in [-0.4, -0.2) is 43.6 Å². The molecule has 0 heterocycles. The summed E-state index contributed by atoms with van der Waals surface area (Å²) < 4.78 is 5.58. The highest BCUT2D eigenvalue weighted by atomic mass is 35.5. The predicted molar refractivity (Wildman–Crippen MR) is 62.5 cm³/mol. The van der Waals surface area contributed by atoms with Crippen LogP contribution in [0.15, 0.2) is 24.3 Å². The molecule has 17 heavy (non-hydrogen) atoms. The summed E-state index contributed by atoms with van der Waals surface area (Å²) in [4.78, 5) is 23.0. The summed E-state index contributed by atoms with van der Waals surface area (Å²) in [7, 11) is 5.67. The number of rotatable bonds is 5. The molecule has 0 amide bonds. The van der Waals surface area contributed by atoms with Gasteiger partial charge in [-0.05, 0) is 12.5 Å². The Kier molecular flexibility index (Phi) is 7.05. The highest BCUT2D eigenvalue weighted by molar-refractivity contribution is 6.23. The van der Waals surface area contributed by atoms with Gasteiger partial charge in [0.2, 0.25) is 6.23 Å². The summed E-state index contributed by atoms with van der Waals surface area (Å²) in [5.74, 6) is -1.15. The van der Waals surface area contributed by atoms with Gasteiger partial charge < -0.3 is 17.1 Å². The molecular formula is C12H20ClNO3. The van der Waals surface area contributed by atoms with E-state index in [9.17, 15) is 9.59 Å². The number of allylic oxidation sites excluding steroid dienone is 1. The van der Waals surface area contributed by atoms with Crippen molar-refractivity contribution >= 4 is 11.8 Å². The van der Waals surface area contributed by atoms with Gasteiger partial charge in [-0.2, -0.15) is 0 Å². The van der Waals surface area contributed by atoms with Crippen LogP contribution in [0.4, 0.5) is 0 Å². The van der Waals surface area contributed by atoms with E-state index in [4.69, 9.17) is 4.74 Å². The van der Waals surface area contributed by atoms with Crippen LogP contribution in [0.3, 0.4) is 0 Å². The van der Waals surface area contributed by atoms with Crippen molar-refractivity contribution in [2.24, 2.45) is 0 Å². The number of Topliss-reactive ketones (excluding diaryl/α,β-unsaturated/α-hetero) is 1. The standard InChI is InChI=1S/C12H20NO3.ClH/c1-8(2)11(14)9(3)12(15)16-10(4)13(5,6)7;/h10H,1,3H2,2,4-7H3;1H/q+1;/p-1. The third-order valence-electron chi connectivity index (χ3n) is 2.28. The zero-order valence-electron chi connectivity index (χ0n) is 11.0. The van der Waals surface area contributed by atoms with E-state index in [1.165, 1.54) is 6.92 Å². The Morgan fingerprint density at radius 2 is 1.59 bits per heavy atom. The molecule has 98 valence electrons. The maximum absolute atomic E-state index is 11.6. The summed E-state index contributed by atoms with van der Waals surface area (Å²) in [5.41, 5.74) is 0.104. The van der Waals surface area contributed by atoms with Crippen molar-refractivity contribution in [1.82, 2.24) is 0 Å². The van der Waals surface area contributed by atoms with Crippen molar-refractivity contribution in [3.8, 4) is 0 Å². The van der Waals surface area contributed by atoms with Crippen molar-refractivity contribution in [1.29, 1.82) is 0 Å². The van der Waals surface area contributed by atoms with Crippen LogP contribution >= 0.6 is 0 Å². The van der Waals surface area contributed by atoms with Gasteiger partial charge >= 0.3 is 5.97 Å². The smallest absolute Gasteiger partial charge is 0.346 e. The number of carbonyl (C=O) groups excluding carboxylic acids is 2. The van der Waals surface area contributed by atoms with Gasteiger partial charge in [0.05, 0.1) is 21.1 Å². The number of ketones is 1. The molecule has 0 fully saturated rings. The van der Waals surface area contributed by atoms with Crippen LogP contribution < -0.4 is 12.4 Å². The summed E-state index contributed by atoms with van der Waals surface area (Å²) in [6, 6.07) is 0. The summed E-state index contributed by atoms with van der Waals surface area (Å²) in [6.45, 7) is 10.2. The number of nitrogens with zero attached hydrogens (tertiary/aromatic N) is 1. The molecule has 0 bridgehead atoms. The number of quaternary nitrogens is 1. The molecule has 0 N–H and O–H groups in total. The molecule has 0 rings (SSSR count). The Morgan fingerprint density at radius 1 is 1.18 bits per heavy atom. The second kappa shape index (κ2) is 6.57. The van der Waals surface area contributed by atoms with Gasteiger partial charge in [0.1, 0.15) is 5.57 Å². The first-order chi connectivity index (χ1) is 7.07. The van der Waals surface area contributed by atoms with E-state index in [-0.39, 0.29) is 29.8 Å². The van der Waals surface area contributed by atoms with Crippen molar-refractivity contribution in [3.63, 3.8) is 0 Å². The van der Waals surface area contributed by atoms with Gasteiger partial charge in [-0.25, -0.2) is 4.79 Å². The molecule has 1 unspecified atom stereocenters. The number of carbonyl (C=O) groups is 2. The molecule has 0 aromatic carbocycles. The van der Waals surface area contributed by atoms with Gasteiger partial charge in [0, 0.05) is 6.92 Å². The maximum Gasteiger partial charge on any atom is 0.346 e. The second-order valence-electron chi connectivity index (χ2n) is 4.71. The number of hydrogen-bond donors (Lipinski definition) is 0. The molecule has 0 spiro atoms. The lowest BCUT2D eigenvalue weighted by Crippen LogP contribution is -3.00. The minimum absolute atomic E-state index is 0. The third kappa shape index (κ3) is 5.65. The Balaban J connectivity index is 0. The van der Waals surface area contributed by atoms with E-state index in [1.807, 2.05) is 21.1 Å². The molecule has 4 nitrogen and oxygen atoms in total. The molecule has 5 heteroatoms. The molecule has 0 aliphatic heterocycles. The third-order valence-corrected chi connectivity index (χ3v) is 2.28. The van der Waals surface area contributed by atoms with Gasteiger partial charge in [-0.15, -0.1) is 0 Å². The highest BCUT2D eigenvalue weighted by Crippen LogP contribution is 2.09. The molecule has 0 aliphatic carbocycles. The van der Waals surface area contributed by atoms with Crippen molar-refractivity contribution in [3.05, 3.63) is 24.3 Å². The maximum atomic E-state index is 11.6. The molecule has 0 radical (unpaired) electrons. The van der Waals surface area contributed by atoms with Gasteiger partial charge in [0.15, 0.2) is 5.78 Å². The lowest BCUT2D eigenvalue weighted by atomic mass is 10.1. The zero-order chi connectivity index (χ0) is 13.1. The molecule has 1 atom stereocenters. The molecule has 0 aromatic rings. The average Bonchev–Trinajstić information content (AvgIpc) is 2.13. The first-order valence-corrected chi connectivity index (χ1v) is 4.98. The van der Waals surface area contributed by atoms with E-state index in [1.54, 1.807) is 6.92 Å². The van der Waals surface area contributed by atoms with Crippen molar-refractivity contribution in [2.75, 3.05) is 21.1 Å². The highest BCUT2D eigenvalue weighted by Gasteiger charge is 2.26. The van der Waals surface area contributed by atoms with Crippen LogP contribution in [0.25, 0.3) is 0 Å². The van der Waals surface area contributed by atoms with Gasteiger partial charge in [-0.3, -0.25) is 9.28 Å². The van der Waals surface area contributed by atoms with E-state index in [2.05, 4.69) is 13.2 Å². The zero-order valence-corrected chi connectivity index (χ0v) is 11.8. The normalized spacial score (nSPS) is 12.1. The van der Waals surface area contributed by atoms with Crippen LogP contribution in [0.2, 0.25) is 0 Å². The van der Waals surface area contributed by atoms with E-state index in [0.717, 1.165) is 0 Å². The second-order valence-corrected chi connectivity index (χ2v) is 4.71. The van der Waals surface area contributed by atoms with Crippen LogP contribution in [-0.2, 0) is 14.3 Å². The fourth-order valence-corrected chi connectivity index (χ4v) is 0.734. The number of hydrogen-bond acceptors (Lipinski definition) is 3. The molecule has 0 saturated heterocycles. The fourth-order valence-electron chi connectivity index (χ4n) is 0.734. The van der Waals surface area contributed by atoms with Crippen LogP contribution in [0.1, 0.15) is 13.8 Å². The lowest BCUT2D eigenvalue weighted by molar-refractivity contribution is -0.914. The van der Waals surface area contributed by atoms with Crippen LogP contribution in [0, 0.1) is 0 Å². The average molecular weight is 262 g/mol. The topological polar surface area (TPSA) is 43.4 Å². The Bertz CT molecular complexity index is 342. The van der Waals surface area contributed by atoms with Crippen molar-refractivity contribution < 1.29 is 31.2 Å². The van der Waals surface area contributed by atoms with Crippen molar-refractivity contribution in [2.45, 2.75) is 20.1 Å². The van der Waals surface area contributed by atoms with E-state index >= 15 is 0 Å². The quantitative estimate of drug-likeness (QED) is 0.148. The van der Waals surface area contributed by atoms with Gasteiger partial charge in [0.25, 0.3) is 0 Å². The molecular weight excluding hydrogens is 242 g/mol. The Morgan fingerprint density at radius 3 is 1.88 bits per heavy atom. The predicted octanol–water partition coefficient (Wildman–Crippen LogP) is -1.71. The SMILES string of the molecule is C=C(C)C(=O)C(=C)C(=O)OC(C)[N+](C)(C)C.[Cl-]. The van der Waals surface area contributed by atoms with E-state index < -0.39 is 11.8 Å². The summed E-state index contributed by atoms with van der Waals surface area (Å²) in [6.07, 6.45) is -0.345. The largest absolute Gasteiger partial charge is 1.00 e. The minimum Gasteiger partial charge on any atom is -1.00 e. The Hall–Kier alpha value is -1.13. The monoisotopic (exact) mass is 261 g/mol. The minimum atomic E-state index is -0.687. The number of halogens is 1. The first-order valence-electron chi connectivity index (χ1n) is 4.98. The Labute approximate surface area is 109 Å². The number of ether oxygens (including phenoxy) is 1. The number of esters is 1. The summed E-state index contributed by atoms with van der Waals surface area (Å²) >= 11 is 0. The van der Waals surface area contributed by atoms with E-state index in [0.29, 0.717) is 4.48 Å². The van der Waals surface area contributed by atoms with Gasteiger partial charge in [-0.1, -0.05) is 13.2 Å².